The molecule has 21 heavy (non-hydrogen) atoms. The number of nitrogens with zero attached hydrogens (tertiary/aromatic N) is 1. The zero-order chi connectivity index (χ0) is 15.0. The summed E-state index contributed by atoms with van der Waals surface area (Å²) in [6.07, 6.45) is 3.54. The zero-order valence-corrected chi connectivity index (χ0v) is 13.0. The molecule has 1 heterocycles. The van der Waals surface area contributed by atoms with Gasteiger partial charge in [-0.15, -0.1) is 0 Å². The maximum Gasteiger partial charge on any atom is 0.252 e. The van der Waals surface area contributed by atoms with E-state index in [0.717, 1.165) is 12.8 Å². The number of benzene rings is 1. The number of anilines is 1. The van der Waals surface area contributed by atoms with Crippen LogP contribution < -0.4 is 10.2 Å². The van der Waals surface area contributed by atoms with E-state index in [-0.39, 0.29) is 18.2 Å². The minimum atomic E-state index is -0.765. The molecule has 1 N–H and O–H groups in total. The molecule has 1 spiro atoms. The monoisotopic (exact) mass is 326 g/mol. The van der Waals surface area contributed by atoms with Crippen molar-refractivity contribution in [3.8, 4) is 0 Å². The van der Waals surface area contributed by atoms with Gasteiger partial charge in [-0.2, -0.15) is 0 Å². The molecule has 1 aromatic rings. The first-order valence-electron chi connectivity index (χ1n) is 7.10. The van der Waals surface area contributed by atoms with Crippen LogP contribution in [0.25, 0.3) is 0 Å². The van der Waals surface area contributed by atoms with E-state index in [4.69, 9.17) is 23.2 Å². The van der Waals surface area contributed by atoms with E-state index >= 15 is 0 Å². The molecule has 0 radical (unpaired) electrons. The first-order chi connectivity index (χ1) is 10.0. The van der Waals surface area contributed by atoms with Gasteiger partial charge in [0.25, 0.3) is 5.91 Å². The van der Waals surface area contributed by atoms with Crippen molar-refractivity contribution in [3.05, 3.63) is 28.2 Å². The van der Waals surface area contributed by atoms with Crippen molar-refractivity contribution in [2.75, 3.05) is 11.4 Å². The maximum atomic E-state index is 13.0. The van der Waals surface area contributed by atoms with Gasteiger partial charge in [-0.1, -0.05) is 42.1 Å². The third-order valence-electron chi connectivity index (χ3n) is 4.27. The maximum absolute atomic E-state index is 13.0. The molecular weight excluding hydrogens is 311 g/mol. The van der Waals surface area contributed by atoms with E-state index in [9.17, 15) is 9.59 Å². The largest absolute Gasteiger partial charge is 0.342 e. The van der Waals surface area contributed by atoms with Crippen molar-refractivity contribution in [3.63, 3.8) is 0 Å². The predicted molar refractivity (Wildman–Crippen MR) is 82.8 cm³/mol. The lowest BCUT2D eigenvalue weighted by Crippen LogP contribution is -2.55. The number of rotatable bonds is 1. The summed E-state index contributed by atoms with van der Waals surface area (Å²) in [4.78, 5) is 26.6. The Morgan fingerprint density at radius 3 is 2.57 bits per heavy atom. The lowest BCUT2D eigenvalue weighted by Gasteiger charge is -2.32. The van der Waals surface area contributed by atoms with Gasteiger partial charge in [0.15, 0.2) is 0 Å². The summed E-state index contributed by atoms with van der Waals surface area (Å²) >= 11 is 12.3. The molecule has 0 unspecified atom stereocenters. The van der Waals surface area contributed by atoms with Gasteiger partial charge in [-0.25, -0.2) is 0 Å². The normalized spacial score (nSPS) is 21.5. The Balaban J connectivity index is 2.03. The molecule has 1 saturated carbocycles. The van der Waals surface area contributed by atoms with Crippen LogP contribution in [0.3, 0.4) is 0 Å². The van der Waals surface area contributed by atoms with Crippen LogP contribution in [-0.4, -0.2) is 23.9 Å². The highest BCUT2D eigenvalue weighted by Gasteiger charge is 2.47. The summed E-state index contributed by atoms with van der Waals surface area (Å²) < 4.78 is 0. The lowest BCUT2D eigenvalue weighted by molar-refractivity contribution is -0.129. The molecule has 0 aromatic heterocycles. The minimum absolute atomic E-state index is 0.0741. The average Bonchev–Trinajstić information content (AvgIpc) is 2.88. The Bertz CT molecular complexity index is 597. The highest BCUT2D eigenvalue weighted by atomic mass is 35.5. The Kier molecular flexibility index (Phi) is 3.84. The summed E-state index contributed by atoms with van der Waals surface area (Å²) in [5.74, 6) is -0.152. The van der Waals surface area contributed by atoms with E-state index < -0.39 is 5.54 Å². The summed E-state index contributed by atoms with van der Waals surface area (Å²) in [6.45, 7) is 0.326. The predicted octanol–water partition coefficient (Wildman–Crippen LogP) is 3.16. The first kappa shape index (κ1) is 14.7. The van der Waals surface area contributed by atoms with Gasteiger partial charge in [0.1, 0.15) is 5.54 Å². The smallest absolute Gasteiger partial charge is 0.252 e. The SMILES string of the molecule is O=C1CCN(c2cccc(Cl)c2Cl)C(=O)C2(CCCC2)N1. The Morgan fingerprint density at radius 2 is 1.86 bits per heavy atom. The quantitative estimate of drug-likeness (QED) is 0.861. The molecular formula is C15H16Cl2N2O2. The van der Waals surface area contributed by atoms with Gasteiger partial charge in [0.05, 0.1) is 15.7 Å². The highest BCUT2D eigenvalue weighted by Crippen LogP contribution is 2.38. The van der Waals surface area contributed by atoms with E-state index in [1.807, 2.05) is 0 Å². The van der Waals surface area contributed by atoms with Gasteiger partial charge >= 0.3 is 0 Å². The molecule has 6 heteroatoms. The summed E-state index contributed by atoms with van der Waals surface area (Å²) in [5, 5.41) is 3.70. The second-order valence-corrected chi connectivity index (χ2v) is 6.40. The molecule has 2 amide bonds. The van der Waals surface area contributed by atoms with Gasteiger partial charge < -0.3 is 10.2 Å². The number of nitrogens with one attached hydrogen (secondary N) is 1. The number of hydrogen-bond acceptors (Lipinski definition) is 2. The molecule has 1 aliphatic heterocycles. The van der Waals surface area contributed by atoms with Crippen LogP contribution in [0, 0.1) is 0 Å². The number of amides is 2. The molecule has 2 aliphatic rings. The van der Waals surface area contributed by atoms with Crippen molar-refractivity contribution >= 4 is 40.7 Å². The van der Waals surface area contributed by atoms with Crippen molar-refractivity contribution < 1.29 is 9.59 Å². The van der Waals surface area contributed by atoms with Crippen LogP contribution >= 0.6 is 23.2 Å². The molecule has 0 bridgehead atoms. The molecule has 2 fully saturated rings. The van der Waals surface area contributed by atoms with Crippen molar-refractivity contribution in [2.45, 2.75) is 37.6 Å². The van der Waals surface area contributed by atoms with E-state index in [0.29, 0.717) is 35.1 Å². The number of carbonyl (C=O) groups excluding carboxylic acids is 2. The molecule has 112 valence electrons. The van der Waals surface area contributed by atoms with E-state index in [1.54, 1.807) is 23.1 Å². The summed E-state index contributed by atoms with van der Waals surface area (Å²) in [7, 11) is 0. The fourth-order valence-electron chi connectivity index (χ4n) is 3.20. The number of carbonyl (C=O) groups is 2. The standard InChI is InChI=1S/C15H16Cl2N2O2/c16-10-4-3-5-11(13(10)17)19-9-6-12(20)18-15(14(19)21)7-1-2-8-15/h3-5H,1-2,6-9H2,(H,18,20). The molecule has 1 aromatic carbocycles. The molecule has 1 aliphatic carbocycles. The van der Waals surface area contributed by atoms with Gasteiger partial charge in [-0.3, -0.25) is 9.59 Å². The highest BCUT2D eigenvalue weighted by molar-refractivity contribution is 6.44. The van der Waals surface area contributed by atoms with Gasteiger partial charge in [0.2, 0.25) is 5.91 Å². The van der Waals surface area contributed by atoms with Crippen LogP contribution in [-0.2, 0) is 9.59 Å². The Hall–Kier alpha value is -1.26. The van der Waals surface area contributed by atoms with Crippen LogP contribution in [0.4, 0.5) is 5.69 Å². The average molecular weight is 327 g/mol. The van der Waals surface area contributed by atoms with Crippen LogP contribution in [0.1, 0.15) is 32.1 Å². The van der Waals surface area contributed by atoms with Crippen LogP contribution in [0.5, 0.6) is 0 Å². The van der Waals surface area contributed by atoms with E-state index in [2.05, 4.69) is 5.32 Å². The zero-order valence-electron chi connectivity index (χ0n) is 11.5. The second kappa shape index (κ2) is 5.50. The molecule has 1 saturated heterocycles. The van der Waals surface area contributed by atoms with E-state index in [1.165, 1.54) is 0 Å². The number of hydrogen-bond donors (Lipinski definition) is 1. The minimum Gasteiger partial charge on any atom is -0.342 e. The van der Waals surface area contributed by atoms with Gasteiger partial charge in [-0.05, 0) is 25.0 Å². The van der Waals surface area contributed by atoms with Crippen LogP contribution in [0.2, 0.25) is 10.0 Å². The first-order valence-corrected chi connectivity index (χ1v) is 7.86. The van der Waals surface area contributed by atoms with Crippen molar-refractivity contribution in [1.82, 2.24) is 5.32 Å². The number of halogens is 2. The molecule has 3 rings (SSSR count). The fraction of sp³-hybridized carbons (Fsp3) is 0.467. The lowest BCUT2D eigenvalue weighted by atomic mass is 9.95. The molecule has 4 nitrogen and oxygen atoms in total. The second-order valence-electron chi connectivity index (χ2n) is 5.62. The fourth-order valence-corrected chi connectivity index (χ4v) is 3.60. The summed E-state index contributed by atoms with van der Waals surface area (Å²) in [6, 6.07) is 5.22. The third kappa shape index (κ3) is 2.51. The topological polar surface area (TPSA) is 49.4 Å². The van der Waals surface area contributed by atoms with Gasteiger partial charge in [0, 0.05) is 13.0 Å². The Morgan fingerprint density at radius 1 is 1.14 bits per heavy atom. The van der Waals surface area contributed by atoms with Crippen molar-refractivity contribution in [2.24, 2.45) is 0 Å². The third-order valence-corrected chi connectivity index (χ3v) is 5.08. The molecule has 0 atom stereocenters. The summed E-state index contributed by atoms with van der Waals surface area (Å²) in [5.41, 5.74) is -0.184. The Labute approximate surface area is 133 Å². The van der Waals surface area contributed by atoms with Crippen molar-refractivity contribution in [1.29, 1.82) is 0 Å². The van der Waals surface area contributed by atoms with Crippen LogP contribution in [0.15, 0.2) is 18.2 Å².